The van der Waals surface area contributed by atoms with Gasteiger partial charge in [0.2, 0.25) is 5.96 Å². The van der Waals surface area contributed by atoms with Crippen molar-refractivity contribution in [3.63, 3.8) is 0 Å². The number of nitrogens with zero attached hydrogens (tertiary/aromatic N) is 3. The van der Waals surface area contributed by atoms with Crippen molar-refractivity contribution in [2.24, 2.45) is 4.99 Å². The number of carbonyl (C=O) groups excluding carboxylic acids is 1. The molecule has 0 N–H and O–H groups in total. The molecule has 4 rings (SSSR count). The Hall–Kier alpha value is -2.69. The summed E-state index contributed by atoms with van der Waals surface area (Å²) in [5.74, 6) is 0.457. The molecule has 4 nitrogen and oxygen atoms in total. The molecule has 23 heavy (non-hydrogen) atoms. The molecule has 0 aliphatic carbocycles. The van der Waals surface area contributed by atoms with Gasteiger partial charge in [0.1, 0.15) is 5.82 Å². The van der Waals surface area contributed by atoms with Crippen molar-refractivity contribution in [2.75, 3.05) is 29.4 Å². The third kappa shape index (κ3) is 2.38. The zero-order valence-corrected chi connectivity index (χ0v) is 12.6. The number of carbonyl (C=O) groups is 1. The summed E-state index contributed by atoms with van der Waals surface area (Å²) in [6.07, 6.45) is 1.01. The van der Waals surface area contributed by atoms with Crippen molar-refractivity contribution in [3.05, 3.63) is 59.9 Å². The molecule has 5 heteroatoms. The van der Waals surface area contributed by atoms with Crippen molar-refractivity contribution in [3.8, 4) is 0 Å². The van der Waals surface area contributed by atoms with Gasteiger partial charge in [-0.05, 0) is 42.8 Å². The number of fused-ring (bicyclic) bond motifs is 3. The first-order chi connectivity index (χ1) is 11.2. The molecule has 0 spiro atoms. The van der Waals surface area contributed by atoms with E-state index in [9.17, 15) is 9.18 Å². The van der Waals surface area contributed by atoms with E-state index in [1.54, 1.807) is 0 Å². The molecule has 2 heterocycles. The van der Waals surface area contributed by atoms with E-state index in [0.29, 0.717) is 5.56 Å². The minimum atomic E-state index is -0.337. The highest BCUT2D eigenvalue weighted by molar-refractivity contribution is 6.19. The number of hydrogen-bond donors (Lipinski definition) is 0. The normalized spacial score (nSPS) is 16.0. The Morgan fingerprint density at radius 1 is 1.09 bits per heavy atom. The zero-order chi connectivity index (χ0) is 15.8. The summed E-state index contributed by atoms with van der Waals surface area (Å²) in [5, 5.41) is 0. The Morgan fingerprint density at radius 2 is 1.83 bits per heavy atom. The van der Waals surface area contributed by atoms with Gasteiger partial charge in [-0.2, -0.15) is 0 Å². The van der Waals surface area contributed by atoms with E-state index in [1.807, 2.05) is 23.1 Å². The monoisotopic (exact) mass is 309 g/mol. The fourth-order valence-corrected chi connectivity index (χ4v) is 3.11. The van der Waals surface area contributed by atoms with Crippen molar-refractivity contribution in [1.29, 1.82) is 0 Å². The first-order valence-corrected chi connectivity index (χ1v) is 7.71. The standard InChI is InChI=1S/C18H16FN3O/c19-14-8-6-13(7-9-14)17(23)12-22-16-5-2-1-4-15(16)21-11-3-10-20-18(21)22/h1-2,4-9H,3,10-12H2. The first kappa shape index (κ1) is 13.9. The second-order valence-electron chi connectivity index (χ2n) is 5.69. The molecular formula is C18H16FN3O. The van der Waals surface area contributed by atoms with E-state index < -0.39 is 0 Å². The highest BCUT2D eigenvalue weighted by Gasteiger charge is 2.34. The molecule has 0 aromatic heterocycles. The average molecular weight is 309 g/mol. The van der Waals surface area contributed by atoms with Gasteiger partial charge < -0.3 is 9.80 Å². The maximum atomic E-state index is 13.0. The molecule has 0 saturated heterocycles. The number of anilines is 2. The first-order valence-electron chi connectivity index (χ1n) is 7.71. The zero-order valence-electron chi connectivity index (χ0n) is 12.6. The molecular weight excluding hydrogens is 293 g/mol. The van der Waals surface area contributed by atoms with Crippen LogP contribution in [0.3, 0.4) is 0 Å². The van der Waals surface area contributed by atoms with Gasteiger partial charge in [-0.1, -0.05) is 12.1 Å². The molecule has 116 valence electrons. The van der Waals surface area contributed by atoms with Gasteiger partial charge >= 0.3 is 0 Å². The maximum absolute atomic E-state index is 13.0. The van der Waals surface area contributed by atoms with E-state index in [1.165, 1.54) is 24.3 Å². The van der Waals surface area contributed by atoms with Gasteiger partial charge in [-0.3, -0.25) is 9.79 Å². The van der Waals surface area contributed by atoms with Crippen LogP contribution < -0.4 is 9.80 Å². The predicted octanol–water partition coefficient (Wildman–Crippen LogP) is 3.09. The molecule has 2 aliphatic heterocycles. The Balaban J connectivity index is 1.66. The SMILES string of the molecule is O=C(CN1C2=NCCCN2c2ccccc21)c1ccc(F)cc1. The lowest BCUT2D eigenvalue weighted by atomic mass is 10.1. The third-order valence-corrected chi connectivity index (χ3v) is 4.21. The van der Waals surface area contributed by atoms with E-state index >= 15 is 0 Å². The summed E-state index contributed by atoms with van der Waals surface area (Å²) in [6, 6.07) is 13.7. The average Bonchev–Trinajstić information content (AvgIpc) is 2.90. The fourth-order valence-electron chi connectivity index (χ4n) is 3.11. The number of ketones is 1. The summed E-state index contributed by atoms with van der Waals surface area (Å²) < 4.78 is 13.0. The molecule has 0 saturated carbocycles. The smallest absolute Gasteiger partial charge is 0.206 e. The molecule has 2 aromatic carbocycles. The van der Waals surface area contributed by atoms with Crippen LogP contribution in [-0.4, -0.2) is 31.4 Å². The Morgan fingerprint density at radius 3 is 2.61 bits per heavy atom. The topological polar surface area (TPSA) is 35.9 Å². The minimum absolute atomic E-state index is 0.0464. The third-order valence-electron chi connectivity index (χ3n) is 4.21. The Kier molecular flexibility index (Phi) is 3.33. The van der Waals surface area contributed by atoms with Crippen LogP contribution in [0.25, 0.3) is 0 Å². The van der Waals surface area contributed by atoms with Crippen LogP contribution >= 0.6 is 0 Å². The summed E-state index contributed by atoms with van der Waals surface area (Å²) in [6.45, 7) is 1.90. The van der Waals surface area contributed by atoms with Crippen molar-refractivity contribution >= 4 is 23.1 Å². The lowest BCUT2D eigenvalue weighted by molar-refractivity contribution is 0.100. The van der Waals surface area contributed by atoms with E-state index in [4.69, 9.17) is 0 Å². The minimum Gasteiger partial charge on any atom is -0.310 e. The number of guanidine groups is 1. The van der Waals surface area contributed by atoms with Crippen LogP contribution in [0, 0.1) is 5.82 Å². The molecule has 0 unspecified atom stereocenters. The van der Waals surface area contributed by atoms with Crippen LogP contribution in [0.4, 0.5) is 15.8 Å². The van der Waals surface area contributed by atoms with Gasteiger partial charge in [-0.15, -0.1) is 0 Å². The molecule has 0 amide bonds. The highest BCUT2D eigenvalue weighted by Crippen LogP contribution is 2.38. The van der Waals surface area contributed by atoms with Crippen molar-refractivity contribution in [1.82, 2.24) is 0 Å². The number of aliphatic imine (C=N–C) groups is 1. The second-order valence-corrected chi connectivity index (χ2v) is 5.69. The quantitative estimate of drug-likeness (QED) is 0.817. The van der Waals surface area contributed by atoms with Gasteiger partial charge in [0.05, 0.1) is 17.9 Å². The Bertz CT molecular complexity index is 785. The lowest BCUT2D eigenvalue weighted by Gasteiger charge is -2.26. The fraction of sp³-hybridized carbons (Fsp3) is 0.222. The number of benzene rings is 2. The summed E-state index contributed by atoms with van der Waals surface area (Å²) in [7, 11) is 0. The van der Waals surface area contributed by atoms with Crippen LogP contribution in [-0.2, 0) is 0 Å². The molecule has 2 aliphatic rings. The number of rotatable bonds is 3. The van der Waals surface area contributed by atoms with Crippen LogP contribution in [0.1, 0.15) is 16.8 Å². The van der Waals surface area contributed by atoms with Crippen LogP contribution in [0.2, 0.25) is 0 Å². The van der Waals surface area contributed by atoms with Crippen LogP contribution in [0.5, 0.6) is 0 Å². The van der Waals surface area contributed by atoms with Crippen molar-refractivity contribution < 1.29 is 9.18 Å². The Labute approximate surface area is 133 Å². The van der Waals surface area contributed by atoms with Crippen LogP contribution in [0.15, 0.2) is 53.5 Å². The van der Waals surface area contributed by atoms with E-state index in [-0.39, 0.29) is 18.1 Å². The number of para-hydroxylation sites is 2. The molecule has 0 radical (unpaired) electrons. The number of halogens is 1. The van der Waals surface area contributed by atoms with Gasteiger partial charge in [0.25, 0.3) is 0 Å². The second kappa shape index (κ2) is 5.50. The molecule has 2 aromatic rings. The molecule has 0 fully saturated rings. The summed E-state index contributed by atoms with van der Waals surface area (Å²) >= 11 is 0. The lowest BCUT2D eigenvalue weighted by Crippen LogP contribution is -2.43. The predicted molar refractivity (Wildman–Crippen MR) is 88.8 cm³/mol. The molecule has 0 atom stereocenters. The van der Waals surface area contributed by atoms with E-state index in [2.05, 4.69) is 16.0 Å². The highest BCUT2D eigenvalue weighted by atomic mass is 19.1. The summed E-state index contributed by atoms with van der Waals surface area (Å²) in [4.78, 5) is 21.3. The van der Waals surface area contributed by atoms with Gasteiger partial charge in [-0.25, -0.2) is 4.39 Å². The number of Topliss-reactive ketones (excluding diaryl/α,β-unsaturated/α-hetero) is 1. The van der Waals surface area contributed by atoms with Crippen molar-refractivity contribution in [2.45, 2.75) is 6.42 Å². The van der Waals surface area contributed by atoms with E-state index in [0.717, 1.165) is 36.8 Å². The largest absolute Gasteiger partial charge is 0.310 e. The van der Waals surface area contributed by atoms with Gasteiger partial charge in [0, 0.05) is 18.7 Å². The number of hydrogen-bond acceptors (Lipinski definition) is 4. The summed E-state index contributed by atoms with van der Waals surface area (Å²) in [5.41, 5.74) is 2.61. The van der Waals surface area contributed by atoms with Gasteiger partial charge in [0.15, 0.2) is 5.78 Å². The maximum Gasteiger partial charge on any atom is 0.206 e. The molecule has 0 bridgehead atoms.